The van der Waals surface area contributed by atoms with E-state index in [0.29, 0.717) is 5.69 Å². The summed E-state index contributed by atoms with van der Waals surface area (Å²) in [5, 5.41) is 5.23. The van der Waals surface area contributed by atoms with Crippen LogP contribution in [0, 0.1) is 31.3 Å². The van der Waals surface area contributed by atoms with Crippen molar-refractivity contribution in [1.82, 2.24) is 9.97 Å². The molecule has 2 N–H and O–H groups in total. The SMILES string of the molecule is Cc1ccc(NC(=O)c2cc(Nc3ccc(F)c(F)c3F)nc(C)n2)cc1. The normalized spacial score (nSPS) is 10.6. The second kappa shape index (κ2) is 7.45. The number of nitrogens with one attached hydrogen (secondary N) is 2. The van der Waals surface area contributed by atoms with Crippen LogP contribution in [-0.2, 0) is 0 Å². The quantitative estimate of drug-likeness (QED) is 0.662. The van der Waals surface area contributed by atoms with Gasteiger partial charge >= 0.3 is 0 Å². The van der Waals surface area contributed by atoms with Crippen LogP contribution < -0.4 is 10.6 Å². The molecule has 3 rings (SSSR count). The molecule has 0 radical (unpaired) electrons. The molecule has 5 nitrogen and oxygen atoms in total. The molecule has 1 amide bonds. The van der Waals surface area contributed by atoms with Gasteiger partial charge in [0.25, 0.3) is 5.91 Å². The first-order valence-electron chi connectivity index (χ1n) is 7.97. The van der Waals surface area contributed by atoms with Crippen molar-refractivity contribution in [3.63, 3.8) is 0 Å². The molecule has 0 aliphatic rings. The van der Waals surface area contributed by atoms with E-state index in [1.807, 2.05) is 19.1 Å². The lowest BCUT2D eigenvalue weighted by molar-refractivity contribution is 0.102. The number of aryl methyl sites for hydroxylation is 2. The maximum atomic E-state index is 13.8. The molecule has 8 heteroatoms. The third kappa shape index (κ3) is 4.22. The number of carbonyl (C=O) groups is 1. The van der Waals surface area contributed by atoms with E-state index in [1.54, 1.807) is 19.1 Å². The second-order valence-corrected chi connectivity index (χ2v) is 5.85. The highest BCUT2D eigenvalue weighted by molar-refractivity contribution is 6.03. The first-order valence-corrected chi connectivity index (χ1v) is 7.97. The summed E-state index contributed by atoms with van der Waals surface area (Å²) in [6.45, 7) is 3.48. The van der Waals surface area contributed by atoms with Crippen LogP contribution in [0.3, 0.4) is 0 Å². The Morgan fingerprint density at radius 3 is 2.33 bits per heavy atom. The third-order valence-corrected chi connectivity index (χ3v) is 3.68. The predicted molar refractivity (Wildman–Crippen MR) is 95.5 cm³/mol. The topological polar surface area (TPSA) is 66.9 Å². The van der Waals surface area contributed by atoms with E-state index < -0.39 is 23.4 Å². The molecule has 2 aromatic carbocycles. The fourth-order valence-corrected chi connectivity index (χ4v) is 2.34. The molecule has 0 atom stereocenters. The number of anilines is 3. The fourth-order valence-electron chi connectivity index (χ4n) is 2.34. The average molecular weight is 372 g/mol. The minimum absolute atomic E-state index is 0.0357. The van der Waals surface area contributed by atoms with Crippen LogP contribution in [0.4, 0.5) is 30.4 Å². The highest BCUT2D eigenvalue weighted by Gasteiger charge is 2.16. The number of aromatic nitrogens is 2. The van der Waals surface area contributed by atoms with Crippen molar-refractivity contribution in [3.05, 3.63) is 77.0 Å². The van der Waals surface area contributed by atoms with Crippen LogP contribution in [0.2, 0.25) is 0 Å². The van der Waals surface area contributed by atoms with Gasteiger partial charge in [0.2, 0.25) is 0 Å². The van der Waals surface area contributed by atoms with Crippen molar-refractivity contribution in [2.45, 2.75) is 13.8 Å². The number of carbonyl (C=O) groups excluding carboxylic acids is 1. The Kier molecular flexibility index (Phi) is 5.07. The summed E-state index contributed by atoms with van der Waals surface area (Å²) >= 11 is 0. The molecule has 0 unspecified atom stereocenters. The van der Waals surface area contributed by atoms with Gasteiger partial charge in [-0.1, -0.05) is 17.7 Å². The number of halogens is 3. The number of amides is 1. The first-order chi connectivity index (χ1) is 12.8. The zero-order valence-electron chi connectivity index (χ0n) is 14.5. The van der Waals surface area contributed by atoms with Gasteiger partial charge in [0.05, 0.1) is 5.69 Å². The Bertz CT molecular complexity index is 1010. The number of nitrogens with zero attached hydrogens (tertiary/aromatic N) is 2. The summed E-state index contributed by atoms with van der Waals surface area (Å²) in [5.41, 5.74) is 1.36. The molecule has 3 aromatic rings. The molecule has 0 aliphatic heterocycles. The zero-order valence-corrected chi connectivity index (χ0v) is 14.5. The summed E-state index contributed by atoms with van der Waals surface area (Å²) in [4.78, 5) is 20.5. The maximum absolute atomic E-state index is 13.8. The lowest BCUT2D eigenvalue weighted by Crippen LogP contribution is -2.15. The van der Waals surface area contributed by atoms with Crippen LogP contribution in [-0.4, -0.2) is 15.9 Å². The highest BCUT2D eigenvalue weighted by Crippen LogP contribution is 2.23. The van der Waals surface area contributed by atoms with Gasteiger partial charge in [-0.05, 0) is 38.1 Å². The molecule has 0 bridgehead atoms. The molecular weight excluding hydrogens is 357 g/mol. The van der Waals surface area contributed by atoms with Crippen LogP contribution in [0.5, 0.6) is 0 Å². The number of hydrogen-bond donors (Lipinski definition) is 2. The molecule has 0 spiro atoms. The van der Waals surface area contributed by atoms with E-state index in [4.69, 9.17) is 0 Å². The Hall–Kier alpha value is -3.42. The smallest absolute Gasteiger partial charge is 0.274 e. The highest BCUT2D eigenvalue weighted by atomic mass is 19.2. The van der Waals surface area contributed by atoms with Crippen LogP contribution in [0.1, 0.15) is 21.9 Å². The van der Waals surface area contributed by atoms with Crippen LogP contribution in [0.25, 0.3) is 0 Å². The van der Waals surface area contributed by atoms with Crippen molar-refractivity contribution in [1.29, 1.82) is 0 Å². The Balaban J connectivity index is 1.85. The summed E-state index contributed by atoms with van der Waals surface area (Å²) in [5.74, 6) is -4.44. The van der Waals surface area contributed by atoms with Gasteiger partial charge in [-0.25, -0.2) is 23.1 Å². The second-order valence-electron chi connectivity index (χ2n) is 5.85. The van der Waals surface area contributed by atoms with E-state index in [1.165, 1.54) is 6.07 Å². The van der Waals surface area contributed by atoms with E-state index in [9.17, 15) is 18.0 Å². The molecule has 0 saturated carbocycles. The molecular formula is C19H15F3N4O. The minimum Gasteiger partial charge on any atom is -0.338 e. The summed E-state index contributed by atoms with van der Waals surface area (Å²) in [6, 6.07) is 10.3. The number of hydrogen-bond acceptors (Lipinski definition) is 4. The lowest BCUT2D eigenvalue weighted by atomic mass is 10.2. The van der Waals surface area contributed by atoms with Crippen molar-refractivity contribution in [2.24, 2.45) is 0 Å². The monoisotopic (exact) mass is 372 g/mol. The number of rotatable bonds is 4. The molecule has 0 fully saturated rings. The Labute approximate surface area is 153 Å². The summed E-state index contributed by atoms with van der Waals surface area (Å²) < 4.78 is 40.2. The molecule has 1 aromatic heterocycles. The predicted octanol–water partition coefficient (Wildman–Crippen LogP) is 4.51. The maximum Gasteiger partial charge on any atom is 0.274 e. The van der Waals surface area contributed by atoms with Gasteiger partial charge in [0.1, 0.15) is 17.3 Å². The van der Waals surface area contributed by atoms with Gasteiger partial charge < -0.3 is 10.6 Å². The fraction of sp³-hybridized carbons (Fsp3) is 0.105. The Morgan fingerprint density at radius 1 is 0.926 bits per heavy atom. The number of benzene rings is 2. The summed E-state index contributed by atoms with van der Waals surface area (Å²) in [7, 11) is 0. The first kappa shape index (κ1) is 18.4. The summed E-state index contributed by atoms with van der Waals surface area (Å²) in [6.07, 6.45) is 0. The van der Waals surface area contributed by atoms with Gasteiger partial charge in [-0.2, -0.15) is 0 Å². The van der Waals surface area contributed by atoms with Crippen LogP contribution in [0.15, 0.2) is 42.5 Å². The van der Waals surface area contributed by atoms with E-state index in [-0.39, 0.29) is 23.0 Å². The zero-order chi connectivity index (χ0) is 19.6. The van der Waals surface area contributed by atoms with Gasteiger partial charge in [0.15, 0.2) is 17.5 Å². The largest absolute Gasteiger partial charge is 0.338 e. The van der Waals surface area contributed by atoms with E-state index in [0.717, 1.165) is 17.7 Å². The standard InChI is InChI=1S/C19H15F3N4O/c1-10-3-5-12(6-4-10)25-19(27)15-9-16(24-11(2)23-15)26-14-8-7-13(20)17(21)18(14)22/h3-9H,1-2H3,(H,25,27)(H,23,24,26). The molecule has 138 valence electrons. The van der Waals surface area contributed by atoms with Gasteiger partial charge in [0, 0.05) is 11.8 Å². The minimum atomic E-state index is -1.59. The third-order valence-electron chi connectivity index (χ3n) is 3.68. The molecule has 0 saturated heterocycles. The van der Waals surface area contributed by atoms with Gasteiger partial charge in [-0.3, -0.25) is 4.79 Å². The van der Waals surface area contributed by atoms with Crippen molar-refractivity contribution in [2.75, 3.05) is 10.6 Å². The average Bonchev–Trinajstić information content (AvgIpc) is 2.63. The van der Waals surface area contributed by atoms with E-state index in [2.05, 4.69) is 20.6 Å². The molecule has 1 heterocycles. The Morgan fingerprint density at radius 2 is 1.63 bits per heavy atom. The molecule has 27 heavy (non-hydrogen) atoms. The van der Waals surface area contributed by atoms with Crippen molar-refractivity contribution >= 4 is 23.1 Å². The lowest BCUT2D eigenvalue weighted by Gasteiger charge is -2.10. The van der Waals surface area contributed by atoms with Gasteiger partial charge in [-0.15, -0.1) is 0 Å². The van der Waals surface area contributed by atoms with Crippen LogP contribution >= 0.6 is 0 Å². The van der Waals surface area contributed by atoms with Crippen molar-refractivity contribution in [3.8, 4) is 0 Å². The van der Waals surface area contributed by atoms with E-state index >= 15 is 0 Å². The molecule has 0 aliphatic carbocycles. The van der Waals surface area contributed by atoms with Crippen molar-refractivity contribution < 1.29 is 18.0 Å².